The molecule has 0 bridgehead atoms. The fourth-order valence-corrected chi connectivity index (χ4v) is 2.76. The van der Waals surface area contributed by atoms with E-state index < -0.39 is 0 Å². The van der Waals surface area contributed by atoms with Gasteiger partial charge >= 0.3 is 6.01 Å². The zero-order chi connectivity index (χ0) is 17.9. The molecule has 2 heterocycles. The molecule has 6 heteroatoms. The predicted molar refractivity (Wildman–Crippen MR) is 99.1 cm³/mol. The Bertz CT molecular complexity index is 1040. The molecule has 0 amide bonds. The highest BCUT2D eigenvalue weighted by molar-refractivity contribution is 5.83. The lowest BCUT2D eigenvalue weighted by Gasteiger charge is -2.08. The largest absolute Gasteiger partial charge is 0.480 e. The van der Waals surface area contributed by atoms with Crippen LogP contribution in [-0.2, 0) is 13.7 Å². The minimum absolute atomic E-state index is 0.268. The Kier molecular flexibility index (Phi) is 4.23. The number of imidazole rings is 1. The second kappa shape index (κ2) is 6.84. The van der Waals surface area contributed by atoms with Crippen molar-refractivity contribution in [3.63, 3.8) is 0 Å². The lowest BCUT2D eigenvalue weighted by molar-refractivity contribution is 0.264. The Morgan fingerprint density at radius 2 is 1.69 bits per heavy atom. The van der Waals surface area contributed by atoms with E-state index in [-0.39, 0.29) is 12.6 Å². The Morgan fingerprint density at radius 1 is 0.923 bits per heavy atom. The quantitative estimate of drug-likeness (QED) is 0.552. The summed E-state index contributed by atoms with van der Waals surface area (Å²) in [5.74, 6) is 1.29. The van der Waals surface area contributed by atoms with Gasteiger partial charge < -0.3 is 14.0 Å². The van der Waals surface area contributed by atoms with Gasteiger partial charge in [-0.2, -0.15) is 9.97 Å². The van der Waals surface area contributed by atoms with Crippen LogP contribution < -0.4 is 9.47 Å². The van der Waals surface area contributed by atoms with Gasteiger partial charge in [0.1, 0.15) is 12.4 Å². The van der Waals surface area contributed by atoms with Gasteiger partial charge in [-0.25, -0.2) is 4.98 Å². The Labute approximate surface area is 151 Å². The van der Waals surface area contributed by atoms with E-state index in [0.717, 1.165) is 28.0 Å². The molecule has 0 saturated carbocycles. The van der Waals surface area contributed by atoms with Gasteiger partial charge in [0.15, 0.2) is 0 Å². The van der Waals surface area contributed by atoms with Gasteiger partial charge in [0.05, 0.1) is 23.7 Å². The van der Waals surface area contributed by atoms with Crippen molar-refractivity contribution in [2.45, 2.75) is 6.61 Å². The SMILES string of the molecule is COc1nc(OCc2nc(-c3ccccc3)cn2C)nc2ccccc12. The van der Waals surface area contributed by atoms with Crippen LogP contribution in [0.4, 0.5) is 0 Å². The molecule has 0 aliphatic carbocycles. The summed E-state index contributed by atoms with van der Waals surface area (Å²) in [6, 6.07) is 18.0. The number of hydrogen-bond acceptors (Lipinski definition) is 5. The van der Waals surface area contributed by atoms with Crippen molar-refractivity contribution in [2.75, 3.05) is 7.11 Å². The predicted octanol–water partition coefficient (Wildman–Crippen LogP) is 3.62. The molecule has 0 aliphatic heterocycles. The third-order valence-electron chi connectivity index (χ3n) is 4.11. The van der Waals surface area contributed by atoms with Crippen LogP contribution in [0.2, 0.25) is 0 Å². The molecule has 2 aromatic heterocycles. The molecule has 0 N–H and O–H groups in total. The summed E-state index contributed by atoms with van der Waals surface area (Å²) in [5.41, 5.74) is 2.75. The summed E-state index contributed by atoms with van der Waals surface area (Å²) in [7, 11) is 3.53. The summed E-state index contributed by atoms with van der Waals surface area (Å²) < 4.78 is 13.1. The molecule has 26 heavy (non-hydrogen) atoms. The van der Waals surface area contributed by atoms with E-state index in [1.54, 1.807) is 7.11 Å². The van der Waals surface area contributed by atoms with Gasteiger partial charge in [-0.15, -0.1) is 0 Å². The molecule has 0 spiro atoms. The van der Waals surface area contributed by atoms with E-state index in [4.69, 9.17) is 9.47 Å². The number of methoxy groups -OCH3 is 1. The minimum Gasteiger partial charge on any atom is -0.480 e. The van der Waals surface area contributed by atoms with Crippen LogP contribution in [-0.4, -0.2) is 26.6 Å². The van der Waals surface area contributed by atoms with Crippen LogP contribution in [0.5, 0.6) is 11.9 Å². The fraction of sp³-hybridized carbons (Fsp3) is 0.150. The smallest absolute Gasteiger partial charge is 0.320 e. The van der Waals surface area contributed by atoms with E-state index in [9.17, 15) is 0 Å². The third-order valence-corrected chi connectivity index (χ3v) is 4.11. The standard InChI is InChI=1S/C20H18N4O2/c1-24-12-17(14-8-4-3-5-9-14)21-18(24)13-26-20-22-16-11-7-6-10-15(16)19(23-20)25-2/h3-12H,13H2,1-2H3. The molecule has 0 aliphatic rings. The molecule has 4 rings (SSSR count). The Morgan fingerprint density at radius 3 is 2.50 bits per heavy atom. The van der Waals surface area contributed by atoms with Crippen molar-refractivity contribution in [3.8, 4) is 23.1 Å². The van der Waals surface area contributed by atoms with Crippen molar-refractivity contribution in [2.24, 2.45) is 7.05 Å². The fourth-order valence-electron chi connectivity index (χ4n) is 2.76. The number of aryl methyl sites for hydroxylation is 1. The van der Waals surface area contributed by atoms with Crippen LogP contribution in [0, 0.1) is 0 Å². The van der Waals surface area contributed by atoms with Gasteiger partial charge in [-0.3, -0.25) is 0 Å². The summed E-state index contributed by atoms with van der Waals surface area (Å²) in [6.07, 6.45) is 1.98. The van der Waals surface area contributed by atoms with Gasteiger partial charge in [0.25, 0.3) is 0 Å². The monoisotopic (exact) mass is 346 g/mol. The number of benzene rings is 2. The van der Waals surface area contributed by atoms with Crippen molar-refractivity contribution >= 4 is 10.9 Å². The summed E-state index contributed by atoms with van der Waals surface area (Å²) in [6.45, 7) is 0.269. The second-order valence-electron chi connectivity index (χ2n) is 5.84. The Hall–Kier alpha value is -3.41. The maximum Gasteiger partial charge on any atom is 0.320 e. The van der Waals surface area contributed by atoms with Crippen LogP contribution in [0.3, 0.4) is 0 Å². The molecule has 0 saturated heterocycles. The average Bonchev–Trinajstić information content (AvgIpc) is 3.07. The van der Waals surface area contributed by atoms with E-state index >= 15 is 0 Å². The highest BCUT2D eigenvalue weighted by Gasteiger charge is 2.11. The number of fused-ring (bicyclic) bond motifs is 1. The molecule has 130 valence electrons. The zero-order valence-electron chi connectivity index (χ0n) is 14.6. The summed E-state index contributed by atoms with van der Waals surface area (Å²) in [4.78, 5) is 13.4. The summed E-state index contributed by atoms with van der Waals surface area (Å²) >= 11 is 0. The molecule has 6 nitrogen and oxygen atoms in total. The molecule has 0 radical (unpaired) electrons. The van der Waals surface area contributed by atoms with E-state index in [1.165, 1.54) is 0 Å². The zero-order valence-corrected chi connectivity index (χ0v) is 14.6. The minimum atomic E-state index is 0.268. The molecule has 0 unspecified atom stereocenters. The van der Waals surface area contributed by atoms with Crippen LogP contribution >= 0.6 is 0 Å². The number of nitrogens with zero attached hydrogens (tertiary/aromatic N) is 4. The molecule has 2 aromatic carbocycles. The van der Waals surface area contributed by atoms with E-state index in [0.29, 0.717) is 5.88 Å². The van der Waals surface area contributed by atoms with Gasteiger partial charge in [-0.05, 0) is 12.1 Å². The van der Waals surface area contributed by atoms with Gasteiger partial charge in [0.2, 0.25) is 5.88 Å². The van der Waals surface area contributed by atoms with Crippen molar-refractivity contribution in [3.05, 3.63) is 66.6 Å². The molecular weight excluding hydrogens is 328 g/mol. The lowest BCUT2D eigenvalue weighted by atomic mass is 10.2. The van der Waals surface area contributed by atoms with E-state index in [2.05, 4.69) is 15.0 Å². The number of para-hydroxylation sites is 1. The van der Waals surface area contributed by atoms with Gasteiger partial charge in [0, 0.05) is 18.8 Å². The Balaban J connectivity index is 1.58. The molecule has 4 aromatic rings. The number of ether oxygens (including phenoxy) is 2. The molecule has 0 fully saturated rings. The third kappa shape index (κ3) is 3.09. The van der Waals surface area contributed by atoms with Crippen LogP contribution in [0.15, 0.2) is 60.8 Å². The van der Waals surface area contributed by atoms with Crippen LogP contribution in [0.25, 0.3) is 22.2 Å². The lowest BCUT2D eigenvalue weighted by Crippen LogP contribution is -2.06. The highest BCUT2D eigenvalue weighted by atomic mass is 16.5. The second-order valence-corrected chi connectivity index (χ2v) is 5.84. The van der Waals surface area contributed by atoms with Crippen molar-refractivity contribution < 1.29 is 9.47 Å². The highest BCUT2D eigenvalue weighted by Crippen LogP contribution is 2.25. The number of rotatable bonds is 5. The maximum atomic E-state index is 5.79. The topological polar surface area (TPSA) is 62.1 Å². The first kappa shape index (κ1) is 16.1. The first-order valence-electron chi connectivity index (χ1n) is 8.26. The van der Waals surface area contributed by atoms with Crippen molar-refractivity contribution in [1.82, 2.24) is 19.5 Å². The molecular formula is C20H18N4O2. The number of aromatic nitrogens is 4. The maximum absolute atomic E-state index is 5.79. The van der Waals surface area contributed by atoms with E-state index in [1.807, 2.05) is 72.4 Å². The summed E-state index contributed by atoms with van der Waals surface area (Å²) in [5, 5.41) is 0.853. The van der Waals surface area contributed by atoms with Gasteiger partial charge in [-0.1, -0.05) is 42.5 Å². The number of hydrogen-bond donors (Lipinski definition) is 0. The first-order valence-corrected chi connectivity index (χ1v) is 8.26. The normalized spacial score (nSPS) is 10.8. The average molecular weight is 346 g/mol. The molecule has 0 atom stereocenters. The van der Waals surface area contributed by atoms with Crippen molar-refractivity contribution in [1.29, 1.82) is 0 Å². The van der Waals surface area contributed by atoms with Crippen LogP contribution in [0.1, 0.15) is 5.82 Å². The first-order chi connectivity index (χ1) is 12.7.